The number of hydrogen-bond acceptors (Lipinski definition) is 8. The molecule has 1 aliphatic heterocycles. The van der Waals surface area contributed by atoms with Gasteiger partial charge in [-0.25, -0.2) is 19.9 Å². The molecule has 0 bridgehead atoms. The van der Waals surface area contributed by atoms with E-state index in [2.05, 4.69) is 21.0 Å². The smallest absolute Gasteiger partial charge is 0.411 e. The van der Waals surface area contributed by atoms with Gasteiger partial charge in [0, 0.05) is 23.6 Å². The van der Waals surface area contributed by atoms with E-state index in [1.54, 1.807) is 24.3 Å². The van der Waals surface area contributed by atoms with E-state index < -0.39 is 28.9 Å². The van der Waals surface area contributed by atoms with Crippen LogP contribution in [0.25, 0.3) is 84.0 Å². The highest BCUT2D eigenvalue weighted by atomic mass is 19.4. The van der Waals surface area contributed by atoms with Crippen LogP contribution in [0.2, 0.25) is 0 Å². The summed E-state index contributed by atoms with van der Waals surface area (Å²) in [5, 5.41) is 0. The summed E-state index contributed by atoms with van der Waals surface area (Å²) in [4.78, 5) is 18.1. The number of ether oxygens (including phenoxy) is 1. The van der Waals surface area contributed by atoms with Crippen molar-refractivity contribution in [1.82, 2.24) is 15.0 Å². The Balaban J connectivity index is 0.789. The summed E-state index contributed by atoms with van der Waals surface area (Å²) >= 11 is 0. The van der Waals surface area contributed by atoms with E-state index in [9.17, 15) is 0 Å². The second kappa shape index (κ2) is 16.3. The Morgan fingerprint density at radius 1 is 0.451 bits per heavy atom. The third kappa shape index (κ3) is 7.57. The van der Waals surface area contributed by atoms with Crippen LogP contribution in [-0.4, -0.2) is 45.3 Å². The molecule has 2 atom stereocenters. The number of aromatic nitrogens is 3. The van der Waals surface area contributed by atoms with Crippen molar-refractivity contribution < 1.29 is 44.3 Å². The van der Waals surface area contributed by atoms with Gasteiger partial charge < -0.3 is 18.0 Å². The molecule has 2 unspecified atom stereocenters. The molecule has 71 heavy (non-hydrogen) atoms. The fourth-order valence-corrected chi connectivity index (χ4v) is 9.42. The van der Waals surface area contributed by atoms with Crippen LogP contribution in [-0.2, 0) is 10.2 Å². The van der Waals surface area contributed by atoms with Crippen molar-refractivity contribution in [3.63, 3.8) is 0 Å². The van der Waals surface area contributed by atoms with Crippen LogP contribution in [0, 0.1) is 13.8 Å². The standard InChI is InChI=1S/C57H36F6N4O4/c1-31-3-5-33(6-4-31)34-7-13-37(14-8-34)52-65-44-23-21-42(29-50(44)70-52)55(56(58,59)60,57(61,62)63)43-22-24-45-51(30-43)71-53(66-45)38-15-9-35(10-16-38)36-11-17-39(18-12-36)54-67-47-28-41(20-26-49(47)69-54)40-19-25-48-46(27-40)64-32(2)68-48/h3-30,47,49H,1-2H3. The van der Waals surface area contributed by atoms with Gasteiger partial charge in [0.15, 0.2) is 22.6 Å². The Morgan fingerprint density at radius 2 is 0.930 bits per heavy atom. The number of allylic oxidation sites excluding steroid dienone is 2. The van der Waals surface area contributed by atoms with Crippen LogP contribution < -0.4 is 0 Å². The number of rotatable bonds is 8. The van der Waals surface area contributed by atoms with E-state index in [0.717, 1.165) is 92.0 Å². The van der Waals surface area contributed by atoms with E-state index in [4.69, 9.17) is 23.0 Å². The van der Waals surface area contributed by atoms with Gasteiger partial charge >= 0.3 is 12.4 Å². The van der Waals surface area contributed by atoms with Gasteiger partial charge in [-0.05, 0) is 136 Å². The van der Waals surface area contributed by atoms with Crippen LogP contribution in [0.3, 0.4) is 0 Å². The predicted octanol–water partition coefficient (Wildman–Crippen LogP) is 15.0. The molecule has 8 nitrogen and oxygen atoms in total. The Kier molecular flexibility index (Phi) is 10.0. The second-order valence-corrected chi connectivity index (χ2v) is 17.7. The average molecular weight is 955 g/mol. The zero-order valence-electron chi connectivity index (χ0n) is 37.5. The molecule has 14 heteroatoms. The van der Waals surface area contributed by atoms with Crippen LogP contribution in [0.1, 0.15) is 33.7 Å². The van der Waals surface area contributed by atoms with Crippen LogP contribution in [0.4, 0.5) is 26.3 Å². The molecule has 1 aliphatic carbocycles. The minimum absolute atomic E-state index is 0.0177. The van der Waals surface area contributed by atoms with Crippen molar-refractivity contribution >= 4 is 44.8 Å². The van der Waals surface area contributed by atoms with Crippen molar-refractivity contribution in [2.24, 2.45) is 4.99 Å². The molecule has 7 aromatic carbocycles. The first-order valence-electron chi connectivity index (χ1n) is 22.5. The SMILES string of the molecule is Cc1ccc(-c2ccc(-c3nc4ccc(C(c5ccc6nc(-c7ccc(-c8ccc(C9=NC%10C=C(c%11ccc%12oc(C)nc%12c%11)C=CC%10O9)cc8)cc7)oc6c5)(C(F)(F)F)C(F)(F)F)cc4o3)cc2)cc1. The van der Waals surface area contributed by atoms with Crippen molar-refractivity contribution in [3.05, 3.63) is 204 Å². The number of fused-ring (bicyclic) bond motifs is 4. The molecule has 0 amide bonds. The maximum atomic E-state index is 15.4. The maximum absolute atomic E-state index is 15.4. The van der Waals surface area contributed by atoms with Gasteiger partial charge in [0.2, 0.25) is 23.1 Å². The van der Waals surface area contributed by atoms with E-state index >= 15 is 26.3 Å². The van der Waals surface area contributed by atoms with Gasteiger partial charge in [-0.2, -0.15) is 26.3 Å². The molecular formula is C57H36F6N4O4. The number of halogens is 6. The highest BCUT2D eigenvalue weighted by Gasteiger charge is 2.72. The third-order valence-corrected chi connectivity index (χ3v) is 13.1. The molecule has 0 N–H and O–H groups in total. The van der Waals surface area contributed by atoms with Gasteiger partial charge in [-0.3, -0.25) is 0 Å². The number of alkyl halides is 6. The summed E-state index contributed by atoms with van der Waals surface area (Å²) in [6, 6.07) is 40.8. The quantitative estimate of drug-likeness (QED) is 0.140. The van der Waals surface area contributed by atoms with E-state index in [1.807, 2.05) is 117 Å². The molecular weight excluding hydrogens is 919 g/mol. The highest BCUT2D eigenvalue weighted by molar-refractivity contribution is 5.97. The Labute approximate surface area is 400 Å². The first-order chi connectivity index (χ1) is 34.2. The van der Waals surface area contributed by atoms with Gasteiger partial charge in [0.05, 0.1) is 0 Å². The van der Waals surface area contributed by atoms with Gasteiger partial charge in [0.25, 0.3) is 0 Å². The highest BCUT2D eigenvalue weighted by Crippen LogP contribution is 2.57. The Bertz CT molecular complexity index is 3770. The molecule has 0 radical (unpaired) electrons. The predicted molar refractivity (Wildman–Crippen MR) is 258 cm³/mol. The number of nitrogens with zero attached hydrogens (tertiary/aromatic N) is 4. The Hall–Kier alpha value is -8.52. The number of aliphatic imine (C=N–C) groups is 1. The van der Waals surface area contributed by atoms with Crippen molar-refractivity contribution in [3.8, 4) is 45.2 Å². The van der Waals surface area contributed by atoms with Crippen molar-refractivity contribution in [2.45, 2.75) is 43.8 Å². The summed E-state index contributed by atoms with van der Waals surface area (Å²) in [6.07, 6.45) is -5.85. The first kappa shape index (κ1) is 43.7. The number of hydrogen-bond donors (Lipinski definition) is 0. The zero-order valence-corrected chi connectivity index (χ0v) is 37.5. The average Bonchev–Trinajstić information content (AvgIpc) is 4.17. The summed E-state index contributed by atoms with van der Waals surface area (Å²) in [7, 11) is 0. The van der Waals surface area contributed by atoms with E-state index in [1.165, 1.54) is 0 Å². The molecule has 0 saturated carbocycles. The van der Waals surface area contributed by atoms with Crippen LogP contribution >= 0.6 is 0 Å². The molecule has 4 heterocycles. The van der Waals surface area contributed by atoms with Crippen molar-refractivity contribution in [2.75, 3.05) is 0 Å². The minimum Gasteiger partial charge on any atom is -0.467 e. The lowest BCUT2D eigenvalue weighted by molar-refractivity contribution is -0.288. The van der Waals surface area contributed by atoms with Crippen molar-refractivity contribution in [1.29, 1.82) is 0 Å². The van der Waals surface area contributed by atoms with Crippen LogP contribution in [0.15, 0.2) is 188 Å². The summed E-state index contributed by atoms with van der Waals surface area (Å²) < 4.78 is 116. The van der Waals surface area contributed by atoms with Gasteiger partial charge in [0.1, 0.15) is 28.7 Å². The second-order valence-electron chi connectivity index (χ2n) is 17.7. The maximum Gasteiger partial charge on any atom is 0.411 e. The first-order valence-corrected chi connectivity index (χ1v) is 22.5. The third-order valence-electron chi connectivity index (χ3n) is 13.1. The summed E-state index contributed by atoms with van der Waals surface area (Å²) in [5.41, 5.74) is 2.99. The molecule has 10 aromatic rings. The fraction of sp³-hybridized carbons (Fsp3) is 0.123. The minimum atomic E-state index is -5.86. The number of oxazole rings is 3. The largest absolute Gasteiger partial charge is 0.467 e. The zero-order chi connectivity index (χ0) is 48.8. The van der Waals surface area contributed by atoms with Gasteiger partial charge in [-0.15, -0.1) is 0 Å². The lowest BCUT2D eigenvalue weighted by atomic mass is 9.72. The Morgan fingerprint density at radius 3 is 1.45 bits per heavy atom. The summed E-state index contributed by atoms with van der Waals surface area (Å²) in [5.74, 6) is 1.19. The topological polar surface area (TPSA) is 99.7 Å². The monoisotopic (exact) mass is 954 g/mol. The van der Waals surface area contributed by atoms with Crippen LogP contribution in [0.5, 0.6) is 0 Å². The van der Waals surface area contributed by atoms with E-state index in [0.29, 0.717) is 22.9 Å². The molecule has 12 rings (SSSR count). The number of benzene rings is 7. The lowest BCUT2D eigenvalue weighted by Crippen LogP contribution is -2.54. The molecule has 0 saturated heterocycles. The molecule has 0 spiro atoms. The lowest BCUT2D eigenvalue weighted by Gasteiger charge is -2.38. The number of aryl methyl sites for hydroxylation is 2. The van der Waals surface area contributed by atoms with E-state index in [-0.39, 0.29) is 46.1 Å². The molecule has 0 fully saturated rings. The van der Waals surface area contributed by atoms with Gasteiger partial charge in [-0.1, -0.05) is 90.5 Å². The summed E-state index contributed by atoms with van der Waals surface area (Å²) in [6.45, 7) is 3.80. The molecule has 3 aromatic heterocycles. The molecule has 2 aliphatic rings. The normalized spacial score (nSPS) is 16.1. The fourth-order valence-electron chi connectivity index (χ4n) is 9.42. The molecule has 350 valence electrons.